The van der Waals surface area contributed by atoms with Gasteiger partial charge in [-0.2, -0.15) is 13.2 Å². The van der Waals surface area contributed by atoms with Crippen molar-refractivity contribution in [2.45, 2.75) is 44.0 Å². The third-order valence-electron chi connectivity index (χ3n) is 4.93. The number of carbonyl (C=O) groups is 1. The van der Waals surface area contributed by atoms with Crippen molar-refractivity contribution in [3.8, 4) is 0 Å². The Bertz CT molecular complexity index is 631. The molecule has 1 amide bonds. The Morgan fingerprint density at radius 1 is 1.28 bits per heavy atom. The lowest BCUT2D eigenvalue weighted by atomic mass is 9.91. The second-order valence-electron chi connectivity index (χ2n) is 7.09. The Kier molecular flexibility index (Phi) is 5.06. The summed E-state index contributed by atoms with van der Waals surface area (Å²) in [7, 11) is 0. The molecule has 0 spiro atoms. The molecular weight excluding hydrogens is 333 g/mol. The van der Waals surface area contributed by atoms with Gasteiger partial charge < -0.3 is 15.3 Å². The topological polar surface area (TPSA) is 52.6 Å². The Hall–Kier alpha value is -1.60. The van der Waals surface area contributed by atoms with E-state index in [2.05, 4.69) is 5.32 Å². The second-order valence-corrected chi connectivity index (χ2v) is 7.09. The van der Waals surface area contributed by atoms with E-state index in [0.717, 1.165) is 18.9 Å². The monoisotopic (exact) mass is 356 g/mol. The first kappa shape index (κ1) is 18.2. The fraction of sp³-hybridized carbons (Fsp3) is 0.611. The van der Waals surface area contributed by atoms with Crippen molar-refractivity contribution in [3.05, 3.63) is 35.4 Å². The van der Waals surface area contributed by atoms with E-state index in [4.69, 9.17) is 0 Å². The number of alkyl halides is 3. The number of nitrogens with one attached hydrogen (secondary N) is 1. The largest absolute Gasteiger partial charge is 0.416 e. The van der Waals surface area contributed by atoms with Gasteiger partial charge in [0.2, 0.25) is 0 Å². The minimum Gasteiger partial charge on any atom is -0.379 e. The van der Waals surface area contributed by atoms with Crippen LogP contribution in [0.2, 0.25) is 0 Å². The summed E-state index contributed by atoms with van der Waals surface area (Å²) in [5, 5.41) is 13.5. The standard InChI is InChI=1S/C18H23F3N2O2/c19-18(20,21)15-5-2-1-4-14(15)10-22-12-17(25)8-3-9-23(16(17)24)11-13-6-7-13/h1-2,4-5,13,22,25H,3,6-12H2/t17-/m1/s1. The number of hydrogen-bond acceptors (Lipinski definition) is 3. The van der Waals surface area contributed by atoms with Gasteiger partial charge in [0.15, 0.2) is 5.60 Å². The predicted octanol–water partition coefficient (Wildman–Crippen LogP) is 2.56. The summed E-state index contributed by atoms with van der Waals surface area (Å²) >= 11 is 0. The first-order valence-corrected chi connectivity index (χ1v) is 8.67. The van der Waals surface area contributed by atoms with Gasteiger partial charge in [0.1, 0.15) is 0 Å². The van der Waals surface area contributed by atoms with E-state index in [1.165, 1.54) is 12.1 Å². The maximum Gasteiger partial charge on any atom is 0.416 e. The zero-order valence-corrected chi connectivity index (χ0v) is 14.0. The highest BCUT2D eigenvalue weighted by Crippen LogP contribution is 2.33. The van der Waals surface area contributed by atoms with Crippen LogP contribution in [0.25, 0.3) is 0 Å². The van der Waals surface area contributed by atoms with Crippen molar-refractivity contribution in [1.29, 1.82) is 0 Å². The molecule has 2 aliphatic rings. The molecule has 0 bridgehead atoms. The first-order chi connectivity index (χ1) is 11.8. The molecule has 2 fully saturated rings. The molecule has 0 unspecified atom stereocenters. The van der Waals surface area contributed by atoms with Crippen molar-refractivity contribution in [3.63, 3.8) is 0 Å². The van der Waals surface area contributed by atoms with Crippen LogP contribution in [-0.4, -0.2) is 41.1 Å². The number of hydrogen-bond donors (Lipinski definition) is 2. The molecule has 25 heavy (non-hydrogen) atoms. The van der Waals surface area contributed by atoms with Crippen LogP contribution in [0.3, 0.4) is 0 Å². The number of halogens is 3. The molecule has 2 N–H and O–H groups in total. The molecule has 1 aliphatic carbocycles. The highest BCUT2D eigenvalue weighted by molar-refractivity contribution is 5.86. The first-order valence-electron chi connectivity index (χ1n) is 8.67. The van der Waals surface area contributed by atoms with E-state index in [9.17, 15) is 23.1 Å². The van der Waals surface area contributed by atoms with E-state index in [0.29, 0.717) is 31.8 Å². The number of likely N-dealkylation sites (tertiary alicyclic amines) is 1. The fourth-order valence-electron chi connectivity index (χ4n) is 3.37. The molecule has 1 saturated carbocycles. The van der Waals surface area contributed by atoms with Crippen molar-refractivity contribution < 1.29 is 23.1 Å². The Balaban J connectivity index is 1.60. The van der Waals surface area contributed by atoms with Crippen LogP contribution in [0.5, 0.6) is 0 Å². The average molecular weight is 356 g/mol. The Morgan fingerprint density at radius 2 is 2.00 bits per heavy atom. The molecule has 4 nitrogen and oxygen atoms in total. The molecule has 3 rings (SSSR count). The van der Waals surface area contributed by atoms with Crippen molar-refractivity contribution >= 4 is 5.91 Å². The third-order valence-corrected chi connectivity index (χ3v) is 4.93. The van der Waals surface area contributed by atoms with E-state index in [-0.39, 0.29) is 24.6 Å². The van der Waals surface area contributed by atoms with Crippen LogP contribution in [-0.2, 0) is 17.5 Å². The number of nitrogens with zero attached hydrogens (tertiary/aromatic N) is 1. The van der Waals surface area contributed by atoms with Gasteiger partial charge in [-0.05, 0) is 43.2 Å². The minimum absolute atomic E-state index is 0.0425. The highest BCUT2D eigenvalue weighted by Gasteiger charge is 2.43. The molecule has 0 radical (unpaired) electrons. The number of carbonyl (C=O) groups excluding carboxylic acids is 1. The van der Waals surface area contributed by atoms with Gasteiger partial charge in [-0.3, -0.25) is 4.79 Å². The summed E-state index contributed by atoms with van der Waals surface area (Å²) in [6.45, 7) is 1.24. The van der Waals surface area contributed by atoms with Gasteiger partial charge >= 0.3 is 6.18 Å². The van der Waals surface area contributed by atoms with Gasteiger partial charge in [0.25, 0.3) is 5.91 Å². The molecule has 1 saturated heterocycles. The lowest BCUT2D eigenvalue weighted by Crippen LogP contribution is -2.58. The van der Waals surface area contributed by atoms with Gasteiger partial charge in [0, 0.05) is 26.2 Å². The molecule has 1 aromatic rings. The van der Waals surface area contributed by atoms with Gasteiger partial charge in [0.05, 0.1) is 5.56 Å². The van der Waals surface area contributed by atoms with Crippen LogP contribution in [0.15, 0.2) is 24.3 Å². The summed E-state index contributed by atoms with van der Waals surface area (Å²) in [4.78, 5) is 14.2. The van der Waals surface area contributed by atoms with Gasteiger partial charge in [-0.15, -0.1) is 0 Å². The van der Waals surface area contributed by atoms with E-state index >= 15 is 0 Å². The predicted molar refractivity (Wildman–Crippen MR) is 86.6 cm³/mol. The summed E-state index contributed by atoms with van der Waals surface area (Å²) in [5.74, 6) is 0.236. The van der Waals surface area contributed by atoms with Crippen LogP contribution < -0.4 is 5.32 Å². The van der Waals surface area contributed by atoms with Gasteiger partial charge in [-0.1, -0.05) is 18.2 Å². The minimum atomic E-state index is -4.42. The molecule has 138 valence electrons. The Morgan fingerprint density at radius 3 is 2.68 bits per heavy atom. The third kappa shape index (κ3) is 4.33. The van der Waals surface area contributed by atoms with Crippen molar-refractivity contribution in [1.82, 2.24) is 10.2 Å². The smallest absolute Gasteiger partial charge is 0.379 e. The van der Waals surface area contributed by atoms with E-state index in [1.54, 1.807) is 11.0 Å². The van der Waals surface area contributed by atoms with Crippen LogP contribution in [0.1, 0.15) is 36.8 Å². The molecule has 0 aromatic heterocycles. The molecule has 7 heteroatoms. The number of amides is 1. The zero-order chi connectivity index (χ0) is 18.1. The molecule has 1 atom stereocenters. The van der Waals surface area contributed by atoms with E-state index < -0.39 is 17.3 Å². The van der Waals surface area contributed by atoms with Gasteiger partial charge in [-0.25, -0.2) is 0 Å². The molecule has 1 aromatic carbocycles. The van der Waals surface area contributed by atoms with Crippen molar-refractivity contribution in [2.24, 2.45) is 5.92 Å². The zero-order valence-electron chi connectivity index (χ0n) is 14.0. The Labute approximate surface area is 145 Å². The number of piperidine rings is 1. The SMILES string of the molecule is O=C1N(CC2CC2)CCC[C@@]1(O)CNCc1ccccc1C(F)(F)F. The fourth-order valence-corrected chi connectivity index (χ4v) is 3.37. The summed E-state index contributed by atoms with van der Waals surface area (Å²) in [6.07, 6.45) is -1.14. The summed E-state index contributed by atoms with van der Waals surface area (Å²) in [5.41, 5.74) is -2.11. The number of benzene rings is 1. The quantitative estimate of drug-likeness (QED) is 0.824. The molecule has 1 heterocycles. The van der Waals surface area contributed by atoms with E-state index in [1.807, 2.05) is 0 Å². The summed E-state index contributed by atoms with van der Waals surface area (Å²) in [6, 6.07) is 5.33. The maximum absolute atomic E-state index is 13.0. The number of rotatable bonds is 6. The highest BCUT2D eigenvalue weighted by atomic mass is 19.4. The van der Waals surface area contributed by atoms with Crippen LogP contribution in [0.4, 0.5) is 13.2 Å². The second kappa shape index (κ2) is 6.96. The average Bonchev–Trinajstić information content (AvgIpc) is 3.36. The van der Waals surface area contributed by atoms with Crippen molar-refractivity contribution in [2.75, 3.05) is 19.6 Å². The van der Waals surface area contributed by atoms with Crippen LogP contribution in [0, 0.1) is 5.92 Å². The lowest BCUT2D eigenvalue weighted by Gasteiger charge is -2.38. The normalized spacial score (nSPS) is 24.6. The maximum atomic E-state index is 13.0. The lowest BCUT2D eigenvalue weighted by molar-refractivity contribution is -0.157. The van der Waals surface area contributed by atoms with Crippen LogP contribution >= 0.6 is 0 Å². The molecule has 1 aliphatic heterocycles. The number of aliphatic hydroxyl groups is 1. The summed E-state index contributed by atoms with van der Waals surface area (Å²) < 4.78 is 39.0. The molecular formula is C18H23F3N2O2.